The van der Waals surface area contributed by atoms with Crippen molar-refractivity contribution in [2.24, 2.45) is 5.73 Å². The van der Waals surface area contributed by atoms with E-state index in [1.807, 2.05) is 0 Å². The Balaban J connectivity index is 3.11. The summed E-state index contributed by atoms with van der Waals surface area (Å²) >= 11 is 0. The predicted octanol–water partition coefficient (Wildman–Crippen LogP) is 0.326. The molecule has 16 heavy (non-hydrogen) atoms. The Bertz CT molecular complexity index is 373. The van der Waals surface area contributed by atoms with Gasteiger partial charge in [-0.25, -0.2) is 4.39 Å². The third-order valence-corrected chi connectivity index (χ3v) is 2.22. The number of aliphatic hydroxyl groups is 2. The maximum atomic E-state index is 13.4. The standard InChI is InChI=1S/C10H13F2NO3/c1-16-7-3-2-5(8(11)9(7)12)10(15)6(14)4-13/h2-3,6,10,14-15H,4,13H2,1H3. The molecule has 2 unspecified atom stereocenters. The second-order valence-electron chi connectivity index (χ2n) is 3.23. The van der Waals surface area contributed by atoms with E-state index in [2.05, 4.69) is 4.74 Å². The minimum absolute atomic E-state index is 0.256. The van der Waals surface area contributed by atoms with Gasteiger partial charge in [-0.15, -0.1) is 0 Å². The minimum Gasteiger partial charge on any atom is -0.494 e. The number of halogens is 2. The molecule has 4 N–H and O–H groups in total. The first-order valence-corrected chi connectivity index (χ1v) is 4.61. The average molecular weight is 233 g/mol. The quantitative estimate of drug-likeness (QED) is 0.700. The van der Waals surface area contributed by atoms with Gasteiger partial charge in [0.15, 0.2) is 11.6 Å². The van der Waals surface area contributed by atoms with Crippen molar-refractivity contribution in [1.29, 1.82) is 0 Å². The van der Waals surface area contributed by atoms with E-state index < -0.39 is 23.8 Å². The lowest BCUT2D eigenvalue weighted by atomic mass is 10.0. The van der Waals surface area contributed by atoms with Gasteiger partial charge in [0.05, 0.1) is 13.2 Å². The van der Waals surface area contributed by atoms with E-state index in [1.54, 1.807) is 0 Å². The summed E-state index contributed by atoms with van der Waals surface area (Å²) in [4.78, 5) is 0. The summed E-state index contributed by atoms with van der Waals surface area (Å²) in [5, 5.41) is 18.7. The number of ether oxygens (including phenoxy) is 1. The molecule has 0 fully saturated rings. The molecule has 1 rings (SSSR count). The van der Waals surface area contributed by atoms with Gasteiger partial charge in [0, 0.05) is 12.1 Å². The van der Waals surface area contributed by atoms with E-state index in [0.29, 0.717) is 0 Å². The third kappa shape index (κ3) is 2.29. The van der Waals surface area contributed by atoms with Crippen LogP contribution in [-0.4, -0.2) is 30.0 Å². The van der Waals surface area contributed by atoms with Crippen LogP contribution in [0.1, 0.15) is 11.7 Å². The van der Waals surface area contributed by atoms with Gasteiger partial charge in [-0.3, -0.25) is 0 Å². The number of methoxy groups -OCH3 is 1. The van der Waals surface area contributed by atoms with Crippen LogP contribution in [0, 0.1) is 11.6 Å². The first-order chi connectivity index (χ1) is 7.52. The molecule has 0 aliphatic rings. The molecule has 0 saturated carbocycles. The highest BCUT2D eigenvalue weighted by Crippen LogP contribution is 2.27. The summed E-state index contributed by atoms with van der Waals surface area (Å²) in [7, 11) is 1.20. The van der Waals surface area contributed by atoms with E-state index in [4.69, 9.17) is 5.73 Å². The highest BCUT2D eigenvalue weighted by Gasteiger charge is 2.24. The molecule has 0 saturated heterocycles. The molecule has 6 heteroatoms. The molecule has 0 radical (unpaired) electrons. The molecular formula is C10H13F2NO3. The second kappa shape index (κ2) is 5.20. The molecule has 0 aliphatic heterocycles. The smallest absolute Gasteiger partial charge is 0.200 e. The summed E-state index contributed by atoms with van der Waals surface area (Å²) in [6, 6.07) is 2.31. The fraction of sp³-hybridized carbons (Fsp3) is 0.400. The molecule has 0 heterocycles. The lowest BCUT2D eigenvalue weighted by molar-refractivity contribution is 0.0217. The van der Waals surface area contributed by atoms with Crippen molar-refractivity contribution in [1.82, 2.24) is 0 Å². The van der Waals surface area contributed by atoms with Crippen molar-refractivity contribution in [3.8, 4) is 5.75 Å². The van der Waals surface area contributed by atoms with Gasteiger partial charge < -0.3 is 20.7 Å². The van der Waals surface area contributed by atoms with E-state index >= 15 is 0 Å². The molecule has 1 aromatic rings. The molecule has 4 nitrogen and oxygen atoms in total. The first-order valence-electron chi connectivity index (χ1n) is 4.61. The molecule has 90 valence electrons. The van der Waals surface area contributed by atoms with Crippen LogP contribution in [0.4, 0.5) is 8.78 Å². The van der Waals surface area contributed by atoms with Crippen molar-refractivity contribution in [3.05, 3.63) is 29.3 Å². The summed E-state index contributed by atoms with van der Waals surface area (Å²) in [6.45, 7) is -0.256. The number of nitrogens with two attached hydrogens (primary N) is 1. The number of aliphatic hydroxyl groups excluding tert-OH is 2. The van der Waals surface area contributed by atoms with E-state index in [0.717, 1.165) is 6.07 Å². The average Bonchev–Trinajstić information content (AvgIpc) is 2.30. The van der Waals surface area contributed by atoms with Gasteiger partial charge in [0.2, 0.25) is 5.82 Å². The maximum Gasteiger partial charge on any atom is 0.200 e. The van der Waals surface area contributed by atoms with Gasteiger partial charge in [-0.05, 0) is 12.1 Å². The van der Waals surface area contributed by atoms with Crippen LogP contribution in [0.25, 0.3) is 0 Å². The van der Waals surface area contributed by atoms with Crippen LogP contribution in [0.5, 0.6) is 5.75 Å². The molecule has 1 aromatic carbocycles. The molecular weight excluding hydrogens is 220 g/mol. The fourth-order valence-electron chi connectivity index (χ4n) is 1.27. The normalized spacial score (nSPS) is 14.6. The third-order valence-electron chi connectivity index (χ3n) is 2.22. The highest BCUT2D eigenvalue weighted by atomic mass is 19.2. The lowest BCUT2D eigenvalue weighted by Crippen LogP contribution is -2.28. The Hall–Kier alpha value is -1.24. The number of rotatable bonds is 4. The number of benzene rings is 1. The van der Waals surface area contributed by atoms with Crippen molar-refractivity contribution in [2.45, 2.75) is 12.2 Å². The Morgan fingerprint density at radius 1 is 1.31 bits per heavy atom. The molecule has 0 aromatic heterocycles. The highest BCUT2D eigenvalue weighted by molar-refractivity contribution is 5.32. The van der Waals surface area contributed by atoms with Crippen LogP contribution in [0.2, 0.25) is 0 Å². The topological polar surface area (TPSA) is 75.7 Å². The Labute approximate surface area is 91.3 Å². The van der Waals surface area contributed by atoms with Crippen molar-refractivity contribution >= 4 is 0 Å². The van der Waals surface area contributed by atoms with Crippen LogP contribution in [0.3, 0.4) is 0 Å². The van der Waals surface area contributed by atoms with Crippen molar-refractivity contribution in [2.75, 3.05) is 13.7 Å². The van der Waals surface area contributed by atoms with Gasteiger partial charge >= 0.3 is 0 Å². The fourth-order valence-corrected chi connectivity index (χ4v) is 1.27. The zero-order valence-electron chi connectivity index (χ0n) is 8.65. The second-order valence-corrected chi connectivity index (χ2v) is 3.23. The van der Waals surface area contributed by atoms with Crippen LogP contribution < -0.4 is 10.5 Å². The van der Waals surface area contributed by atoms with Crippen LogP contribution in [0.15, 0.2) is 12.1 Å². The van der Waals surface area contributed by atoms with E-state index in [-0.39, 0.29) is 17.9 Å². The predicted molar refractivity (Wildman–Crippen MR) is 52.9 cm³/mol. The summed E-state index contributed by atoms with van der Waals surface area (Å²) < 4.78 is 31.3. The Kier molecular flexibility index (Phi) is 4.17. The van der Waals surface area contributed by atoms with E-state index in [9.17, 15) is 19.0 Å². The van der Waals surface area contributed by atoms with E-state index in [1.165, 1.54) is 13.2 Å². The molecule has 2 atom stereocenters. The largest absolute Gasteiger partial charge is 0.494 e. The number of hydrogen-bond acceptors (Lipinski definition) is 4. The molecule has 0 amide bonds. The summed E-state index contributed by atoms with van der Waals surface area (Å²) in [5.74, 6) is -2.72. The Morgan fingerprint density at radius 2 is 1.94 bits per heavy atom. The number of hydrogen-bond donors (Lipinski definition) is 3. The van der Waals surface area contributed by atoms with Crippen molar-refractivity contribution in [3.63, 3.8) is 0 Å². The zero-order valence-corrected chi connectivity index (χ0v) is 8.65. The Morgan fingerprint density at radius 3 is 2.44 bits per heavy atom. The molecule has 0 aliphatic carbocycles. The summed E-state index contributed by atoms with van der Waals surface area (Å²) in [6.07, 6.45) is -2.91. The van der Waals surface area contributed by atoms with Crippen LogP contribution in [-0.2, 0) is 0 Å². The van der Waals surface area contributed by atoms with Crippen LogP contribution >= 0.6 is 0 Å². The first kappa shape index (κ1) is 12.8. The molecule has 0 spiro atoms. The monoisotopic (exact) mass is 233 g/mol. The van der Waals surface area contributed by atoms with Gasteiger partial charge in [-0.1, -0.05) is 0 Å². The zero-order chi connectivity index (χ0) is 12.3. The molecule has 0 bridgehead atoms. The van der Waals surface area contributed by atoms with Gasteiger partial charge in [0.25, 0.3) is 0 Å². The maximum absolute atomic E-state index is 13.4. The lowest BCUT2D eigenvalue weighted by Gasteiger charge is -2.17. The summed E-state index contributed by atoms with van der Waals surface area (Å²) in [5.41, 5.74) is 4.75. The SMILES string of the molecule is COc1ccc(C(O)C(O)CN)c(F)c1F. The van der Waals surface area contributed by atoms with Crippen molar-refractivity contribution < 1.29 is 23.7 Å². The van der Waals surface area contributed by atoms with Gasteiger partial charge in [0.1, 0.15) is 6.10 Å². The minimum atomic E-state index is -1.56. The van der Waals surface area contributed by atoms with Gasteiger partial charge in [-0.2, -0.15) is 4.39 Å².